The third kappa shape index (κ3) is 9.01. The number of hydrogen-bond donors (Lipinski definition) is 2. The fraction of sp³-hybridized carbons (Fsp3) is 0.300. The number of aryl methyl sites for hydroxylation is 1. The normalized spacial score (nSPS) is 10.7. The number of nitrogens with one attached hydrogen (secondary N) is 2. The van der Waals surface area contributed by atoms with Gasteiger partial charge in [-0.05, 0) is 96.7 Å². The van der Waals surface area contributed by atoms with E-state index in [4.69, 9.17) is 18.9 Å². The maximum atomic E-state index is 12.7. The average Bonchev–Trinajstić information content (AvgIpc) is 2.92. The van der Waals surface area contributed by atoms with E-state index in [1.807, 2.05) is 52.0 Å². The first-order chi connectivity index (χ1) is 19.3. The van der Waals surface area contributed by atoms with Crippen molar-refractivity contribution in [1.29, 1.82) is 0 Å². The van der Waals surface area contributed by atoms with Crippen LogP contribution in [0, 0.1) is 6.92 Å². The zero-order valence-corrected chi connectivity index (χ0v) is 24.7. The van der Waals surface area contributed by atoms with Crippen LogP contribution >= 0.6 is 15.9 Å². The number of carbonyl (C=O) groups is 2. The molecule has 0 aliphatic heterocycles. The van der Waals surface area contributed by atoms with Gasteiger partial charge in [-0.15, -0.1) is 0 Å². The number of nitrogens with zero attached hydrogens (tertiary/aromatic N) is 1. The molecule has 3 rings (SSSR count). The van der Waals surface area contributed by atoms with Gasteiger partial charge in [-0.3, -0.25) is 9.59 Å². The first kappa shape index (κ1) is 30.5. The highest BCUT2D eigenvalue weighted by Crippen LogP contribution is 2.36. The smallest absolute Gasteiger partial charge is 0.271 e. The molecular formula is C30H34BrN3O6. The predicted molar refractivity (Wildman–Crippen MR) is 159 cm³/mol. The van der Waals surface area contributed by atoms with Crippen molar-refractivity contribution in [2.45, 2.75) is 34.1 Å². The summed E-state index contributed by atoms with van der Waals surface area (Å²) in [4.78, 5) is 25.1. The summed E-state index contributed by atoms with van der Waals surface area (Å²) in [5.74, 6) is 1.20. The minimum Gasteiger partial charge on any atom is -0.490 e. The van der Waals surface area contributed by atoms with Crippen molar-refractivity contribution in [2.24, 2.45) is 5.10 Å². The second-order valence-electron chi connectivity index (χ2n) is 8.61. The molecule has 3 aromatic carbocycles. The van der Waals surface area contributed by atoms with Gasteiger partial charge in [0.1, 0.15) is 0 Å². The Morgan fingerprint density at radius 2 is 1.68 bits per heavy atom. The molecule has 2 N–H and O–H groups in total. The van der Waals surface area contributed by atoms with Crippen molar-refractivity contribution in [3.05, 3.63) is 75.8 Å². The maximum absolute atomic E-state index is 12.7. The third-order valence-electron chi connectivity index (χ3n) is 5.33. The van der Waals surface area contributed by atoms with Crippen LogP contribution in [0.3, 0.4) is 0 Å². The lowest BCUT2D eigenvalue weighted by Crippen LogP contribution is -2.20. The van der Waals surface area contributed by atoms with Gasteiger partial charge >= 0.3 is 0 Å². The van der Waals surface area contributed by atoms with E-state index >= 15 is 0 Å². The highest BCUT2D eigenvalue weighted by atomic mass is 79.9. The summed E-state index contributed by atoms with van der Waals surface area (Å²) < 4.78 is 23.4. The third-order valence-corrected chi connectivity index (χ3v) is 5.92. The Bertz CT molecular complexity index is 1350. The molecule has 0 aliphatic rings. The molecule has 2 amide bonds. The summed E-state index contributed by atoms with van der Waals surface area (Å²) in [5.41, 5.74) is 5.29. The number of anilines is 1. The molecule has 9 nitrogen and oxygen atoms in total. The lowest BCUT2D eigenvalue weighted by Gasteiger charge is -2.14. The van der Waals surface area contributed by atoms with Crippen LogP contribution in [-0.4, -0.2) is 44.5 Å². The largest absolute Gasteiger partial charge is 0.490 e. The van der Waals surface area contributed by atoms with Crippen LogP contribution in [0.5, 0.6) is 23.0 Å². The Hall–Kier alpha value is -4.05. The molecule has 3 aromatic rings. The molecule has 0 aromatic heterocycles. The van der Waals surface area contributed by atoms with Gasteiger partial charge in [0.15, 0.2) is 29.6 Å². The van der Waals surface area contributed by atoms with Crippen LogP contribution in [0.1, 0.15) is 48.7 Å². The van der Waals surface area contributed by atoms with Crippen molar-refractivity contribution < 1.29 is 28.5 Å². The summed E-state index contributed by atoms with van der Waals surface area (Å²) >= 11 is 3.49. The molecule has 40 heavy (non-hydrogen) atoms. The molecule has 0 fully saturated rings. The van der Waals surface area contributed by atoms with E-state index in [1.54, 1.807) is 30.3 Å². The van der Waals surface area contributed by atoms with E-state index in [1.165, 1.54) is 6.21 Å². The quantitative estimate of drug-likeness (QED) is 0.168. The van der Waals surface area contributed by atoms with Crippen molar-refractivity contribution in [3.8, 4) is 23.0 Å². The highest BCUT2D eigenvalue weighted by molar-refractivity contribution is 9.10. The standard InChI is InChI=1S/C30H34BrN3O6/c1-5-13-39-25-12-11-22(17-26(25)37-6-2)30(36)34-32-18-21-15-24(31)29(27(16-21)38-7-3)40-19-28(35)33-23-10-8-9-20(4)14-23/h8-12,14-18H,5-7,13,19H2,1-4H3,(H,33,35)(H,34,36)/b32-18+. The summed E-state index contributed by atoms with van der Waals surface area (Å²) in [6.45, 7) is 8.86. The second-order valence-corrected chi connectivity index (χ2v) is 9.47. The van der Waals surface area contributed by atoms with Crippen molar-refractivity contribution >= 4 is 39.6 Å². The Morgan fingerprint density at radius 3 is 2.40 bits per heavy atom. The lowest BCUT2D eigenvalue weighted by molar-refractivity contribution is -0.118. The molecule has 0 saturated heterocycles. The molecule has 0 heterocycles. The lowest BCUT2D eigenvalue weighted by atomic mass is 10.2. The van der Waals surface area contributed by atoms with Gasteiger partial charge in [0.05, 0.1) is 30.5 Å². The zero-order chi connectivity index (χ0) is 28.9. The molecule has 0 aliphatic carbocycles. The summed E-state index contributed by atoms with van der Waals surface area (Å²) in [6, 6.07) is 16.0. The van der Waals surface area contributed by atoms with Gasteiger partial charge in [-0.1, -0.05) is 19.1 Å². The van der Waals surface area contributed by atoms with Crippen LogP contribution in [0.2, 0.25) is 0 Å². The summed E-state index contributed by atoms with van der Waals surface area (Å²) in [5, 5.41) is 6.90. The van der Waals surface area contributed by atoms with Crippen LogP contribution in [0.15, 0.2) is 64.2 Å². The van der Waals surface area contributed by atoms with E-state index in [-0.39, 0.29) is 12.5 Å². The molecule has 0 spiro atoms. The van der Waals surface area contributed by atoms with Gasteiger partial charge in [-0.2, -0.15) is 5.10 Å². The van der Waals surface area contributed by atoms with Crippen LogP contribution in [-0.2, 0) is 4.79 Å². The first-order valence-electron chi connectivity index (χ1n) is 13.0. The van der Waals surface area contributed by atoms with Gasteiger partial charge in [-0.25, -0.2) is 5.43 Å². The molecule has 0 unspecified atom stereocenters. The number of benzene rings is 3. The zero-order valence-electron chi connectivity index (χ0n) is 23.1. The van der Waals surface area contributed by atoms with Gasteiger partial charge < -0.3 is 24.3 Å². The van der Waals surface area contributed by atoms with E-state index in [2.05, 4.69) is 31.8 Å². The summed E-state index contributed by atoms with van der Waals surface area (Å²) in [6.07, 6.45) is 2.35. The first-order valence-corrected chi connectivity index (χ1v) is 13.8. The number of ether oxygens (including phenoxy) is 4. The summed E-state index contributed by atoms with van der Waals surface area (Å²) in [7, 11) is 0. The predicted octanol–water partition coefficient (Wildman–Crippen LogP) is 6.13. The van der Waals surface area contributed by atoms with Gasteiger partial charge in [0, 0.05) is 11.3 Å². The molecular weight excluding hydrogens is 578 g/mol. The molecule has 0 bridgehead atoms. The van der Waals surface area contributed by atoms with Crippen molar-refractivity contribution in [3.63, 3.8) is 0 Å². The number of rotatable bonds is 14. The fourth-order valence-electron chi connectivity index (χ4n) is 3.60. The maximum Gasteiger partial charge on any atom is 0.271 e. The van der Waals surface area contributed by atoms with Crippen molar-refractivity contribution in [2.75, 3.05) is 31.7 Å². The highest BCUT2D eigenvalue weighted by Gasteiger charge is 2.15. The monoisotopic (exact) mass is 611 g/mol. The van der Waals surface area contributed by atoms with E-state index in [9.17, 15) is 9.59 Å². The molecule has 0 saturated carbocycles. The Labute approximate surface area is 243 Å². The van der Waals surface area contributed by atoms with Crippen LogP contribution < -0.4 is 29.7 Å². The molecule has 10 heteroatoms. The Morgan fingerprint density at radius 1 is 0.900 bits per heavy atom. The topological polar surface area (TPSA) is 107 Å². The Balaban J connectivity index is 1.66. The second kappa shape index (κ2) is 15.5. The van der Waals surface area contributed by atoms with Gasteiger partial charge in [0.25, 0.3) is 11.8 Å². The molecule has 212 valence electrons. The van der Waals surface area contributed by atoms with E-state index < -0.39 is 5.91 Å². The fourth-order valence-corrected chi connectivity index (χ4v) is 4.18. The number of hydrogen-bond acceptors (Lipinski definition) is 7. The van der Waals surface area contributed by atoms with Gasteiger partial charge in [0.2, 0.25) is 0 Å². The number of hydrazone groups is 1. The minimum atomic E-state index is -0.400. The number of halogens is 1. The Kier molecular flexibility index (Phi) is 11.8. The van der Waals surface area contributed by atoms with Crippen molar-refractivity contribution in [1.82, 2.24) is 5.43 Å². The SMILES string of the molecule is CCCOc1ccc(C(=O)N/N=C/c2cc(Br)c(OCC(=O)Nc3cccc(C)c3)c(OCC)c2)cc1OCC. The minimum absolute atomic E-state index is 0.206. The molecule has 0 atom stereocenters. The number of amides is 2. The van der Waals surface area contributed by atoms with E-state index in [0.717, 1.165) is 12.0 Å². The van der Waals surface area contributed by atoms with Crippen LogP contribution in [0.4, 0.5) is 5.69 Å². The van der Waals surface area contributed by atoms with Crippen LogP contribution in [0.25, 0.3) is 0 Å². The number of carbonyl (C=O) groups excluding carboxylic acids is 2. The average molecular weight is 613 g/mol. The van der Waals surface area contributed by atoms with E-state index in [0.29, 0.717) is 64.1 Å². The molecule has 0 radical (unpaired) electrons.